The zero-order valence-electron chi connectivity index (χ0n) is 20.8. The number of methoxy groups -OCH3 is 1. The van der Waals surface area contributed by atoms with Crippen LogP contribution in [0.15, 0.2) is 48.5 Å². The summed E-state index contributed by atoms with van der Waals surface area (Å²) >= 11 is 0. The predicted octanol–water partition coefficient (Wildman–Crippen LogP) is 3.22. The molecule has 4 rings (SSSR count). The zero-order valence-corrected chi connectivity index (χ0v) is 20.8. The largest absolute Gasteiger partial charge is 0.497 e. The van der Waals surface area contributed by atoms with Crippen LogP contribution in [0.4, 0.5) is 4.39 Å². The highest BCUT2D eigenvalue weighted by molar-refractivity contribution is 5.99. The number of piperidine rings is 1. The van der Waals surface area contributed by atoms with Gasteiger partial charge in [-0.1, -0.05) is 13.0 Å². The van der Waals surface area contributed by atoms with Crippen LogP contribution in [0.5, 0.6) is 5.75 Å². The molecule has 8 nitrogen and oxygen atoms in total. The lowest BCUT2D eigenvalue weighted by molar-refractivity contribution is -0.128. The van der Waals surface area contributed by atoms with Crippen LogP contribution in [0.2, 0.25) is 0 Å². The van der Waals surface area contributed by atoms with Gasteiger partial charge in [0.05, 0.1) is 13.7 Å². The lowest BCUT2D eigenvalue weighted by atomic mass is 9.96. The van der Waals surface area contributed by atoms with Crippen molar-refractivity contribution in [3.63, 3.8) is 0 Å². The van der Waals surface area contributed by atoms with Crippen LogP contribution in [0, 0.1) is 5.82 Å². The number of rotatable bonds is 6. The second-order valence-electron chi connectivity index (χ2n) is 9.30. The van der Waals surface area contributed by atoms with E-state index in [1.807, 2.05) is 13.8 Å². The summed E-state index contributed by atoms with van der Waals surface area (Å²) < 4.78 is 24.8. The van der Waals surface area contributed by atoms with Gasteiger partial charge in [-0.05, 0) is 55.8 Å². The van der Waals surface area contributed by atoms with Crippen molar-refractivity contribution in [3.05, 3.63) is 65.5 Å². The van der Waals surface area contributed by atoms with Crippen LogP contribution in [0.3, 0.4) is 0 Å². The molecule has 2 atom stereocenters. The van der Waals surface area contributed by atoms with Crippen molar-refractivity contribution in [1.29, 1.82) is 0 Å². The highest BCUT2D eigenvalue weighted by Crippen LogP contribution is 2.39. The second kappa shape index (κ2) is 10.7. The number of halogens is 1. The Hall–Kier alpha value is -3.46. The molecule has 3 amide bonds. The average Bonchev–Trinajstić information content (AvgIpc) is 3.27. The second-order valence-corrected chi connectivity index (χ2v) is 9.30. The first-order chi connectivity index (χ1) is 17.3. The van der Waals surface area contributed by atoms with Crippen LogP contribution in [-0.4, -0.2) is 72.1 Å². The summed E-state index contributed by atoms with van der Waals surface area (Å²) in [6.45, 7) is 4.63. The predicted molar refractivity (Wildman–Crippen MR) is 131 cm³/mol. The van der Waals surface area contributed by atoms with Gasteiger partial charge >= 0.3 is 0 Å². The van der Waals surface area contributed by atoms with E-state index in [0.29, 0.717) is 42.8 Å². The fourth-order valence-corrected chi connectivity index (χ4v) is 4.74. The third kappa shape index (κ3) is 5.06. The molecule has 0 saturated carbocycles. The van der Waals surface area contributed by atoms with E-state index < -0.39 is 17.6 Å². The third-order valence-corrected chi connectivity index (χ3v) is 7.02. The molecule has 2 aliphatic rings. The smallest absolute Gasteiger partial charge is 0.257 e. The van der Waals surface area contributed by atoms with Crippen molar-refractivity contribution in [1.82, 2.24) is 15.1 Å². The number of ether oxygens (including phenoxy) is 2. The van der Waals surface area contributed by atoms with Crippen LogP contribution in [-0.2, 0) is 9.53 Å². The number of hydrogen-bond acceptors (Lipinski definition) is 5. The van der Waals surface area contributed by atoms with Gasteiger partial charge in [0, 0.05) is 43.1 Å². The van der Waals surface area contributed by atoms with E-state index in [1.165, 1.54) is 31.4 Å². The van der Waals surface area contributed by atoms with Crippen molar-refractivity contribution >= 4 is 17.7 Å². The van der Waals surface area contributed by atoms with Crippen molar-refractivity contribution < 1.29 is 28.2 Å². The number of benzene rings is 2. The molecule has 36 heavy (non-hydrogen) atoms. The Morgan fingerprint density at radius 3 is 2.44 bits per heavy atom. The van der Waals surface area contributed by atoms with E-state index in [0.717, 1.165) is 6.42 Å². The van der Waals surface area contributed by atoms with Crippen molar-refractivity contribution in [2.75, 3.05) is 26.8 Å². The number of amides is 3. The summed E-state index contributed by atoms with van der Waals surface area (Å²) in [5.41, 5.74) is -0.225. The van der Waals surface area contributed by atoms with Gasteiger partial charge in [-0.3, -0.25) is 19.3 Å². The molecule has 2 aromatic carbocycles. The maximum absolute atomic E-state index is 13.8. The topological polar surface area (TPSA) is 88.2 Å². The van der Waals surface area contributed by atoms with Crippen molar-refractivity contribution in [2.45, 2.75) is 50.9 Å². The zero-order chi connectivity index (χ0) is 25.9. The minimum absolute atomic E-state index is 0.0435. The number of carbonyl (C=O) groups is 3. The van der Waals surface area contributed by atoms with Gasteiger partial charge in [-0.15, -0.1) is 0 Å². The maximum Gasteiger partial charge on any atom is 0.257 e. The van der Waals surface area contributed by atoms with Crippen molar-refractivity contribution in [3.8, 4) is 5.75 Å². The van der Waals surface area contributed by atoms with Gasteiger partial charge in [-0.2, -0.15) is 0 Å². The summed E-state index contributed by atoms with van der Waals surface area (Å²) in [7, 11) is 1.53. The highest BCUT2D eigenvalue weighted by Gasteiger charge is 2.54. The third-order valence-electron chi connectivity index (χ3n) is 7.02. The molecule has 2 heterocycles. The van der Waals surface area contributed by atoms with E-state index in [-0.39, 0.29) is 30.4 Å². The van der Waals surface area contributed by atoms with E-state index in [4.69, 9.17) is 9.47 Å². The number of hydrogen-bond donors (Lipinski definition) is 1. The maximum atomic E-state index is 13.8. The van der Waals surface area contributed by atoms with Crippen LogP contribution in [0.25, 0.3) is 0 Å². The molecule has 9 heteroatoms. The molecule has 2 aliphatic heterocycles. The molecule has 192 valence electrons. The minimum Gasteiger partial charge on any atom is -0.497 e. The summed E-state index contributed by atoms with van der Waals surface area (Å²) in [6, 6.07) is 11.4. The first-order valence-corrected chi connectivity index (χ1v) is 12.2. The quantitative estimate of drug-likeness (QED) is 0.662. The lowest BCUT2D eigenvalue weighted by Crippen LogP contribution is -2.60. The van der Waals surface area contributed by atoms with Gasteiger partial charge in [0.2, 0.25) is 5.91 Å². The molecule has 1 spiro atoms. The Balaban J connectivity index is 1.58. The van der Waals surface area contributed by atoms with Gasteiger partial charge in [0.25, 0.3) is 11.8 Å². The van der Waals surface area contributed by atoms with Gasteiger partial charge in [-0.25, -0.2) is 4.39 Å². The van der Waals surface area contributed by atoms with E-state index in [1.54, 1.807) is 34.1 Å². The van der Waals surface area contributed by atoms with E-state index >= 15 is 0 Å². The molecule has 1 N–H and O–H groups in total. The molecule has 0 aromatic heterocycles. The molecule has 0 radical (unpaired) electrons. The fraction of sp³-hybridized carbons (Fsp3) is 0.444. The van der Waals surface area contributed by atoms with Crippen LogP contribution in [0.1, 0.15) is 53.8 Å². The normalized spacial score (nSPS) is 19.7. The van der Waals surface area contributed by atoms with Gasteiger partial charge < -0.3 is 19.7 Å². The Morgan fingerprint density at radius 2 is 1.81 bits per heavy atom. The first kappa shape index (κ1) is 25.6. The summed E-state index contributed by atoms with van der Waals surface area (Å²) in [5, 5.41) is 2.97. The molecular formula is C27H32FN3O5. The fourth-order valence-electron chi connectivity index (χ4n) is 4.74. The summed E-state index contributed by atoms with van der Waals surface area (Å²) in [5.74, 6) is -0.664. The van der Waals surface area contributed by atoms with Crippen molar-refractivity contribution in [2.24, 2.45) is 0 Å². The molecule has 0 bridgehead atoms. The molecule has 2 fully saturated rings. The molecule has 2 aromatic rings. The minimum atomic E-state index is -1.02. The number of carbonyl (C=O) groups excluding carboxylic acids is 3. The lowest BCUT2D eigenvalue weighted by Gasteiger charge is -2.44. The average molecular weight is 498 g/mol. The van der Waals surface area contributed by atoms with Gasteiger partial charge in [0.15, 0.2) is 0 Å². The number of nitrogens with one attached hydrogen (secondary N) is 1. The summed E-state index contributed by atoms with van der Waals surface area (Å²) in [6.07, 6.45) is 1.46. The number of nitrogens with zero attached hydrogens (tertiary/aromatic N) is 2. The Labute approximate surface area is 210 Å². The Morgan fingerprint density at radius 1 is 1.11 bits per heavy atom. The van der Waals surface area contributed by atoms with E-state index in [2.05, 4.69) is 5.32 Å². The molecule has 2 saturated heterocycles. The molecule has 0 aliphatic carbocycles. The van der Waals surface area contributed by atoms with Crippen LogP contribution >= 0.6 is 0 Å². The van der Waals surface area contributed by atoms with Crippen LogP contribution < -0.4 is 10.1 Å². The highest BCUT2D eigenvalue weighted by atomic mass is 19.1. The summed E-state index contributed by atoms with van der Waals surface area (Å²) in [4.78, 5) is 43.2. The molecule has 0 unspecified atom stereocenters. The van der Waals surface area contributed by atoms with Gasteiger partial charge in [0.1, 0.15) is 23.3 Å². The first-order valence-electron chi connectivity index (χ1n) is 12.2. The number of likely N-dealkylation sites (tertiary alicyclic amines) is 1. The van der Waals surface area contributed by atoms with E-state index in [9.17, 15) is 18.8 Å². The Kier molecular flexibility index (Phi) is 7.59. The molecular weight excluding hydrogens is 465 g/mol. The SMILES string of the molecule is CC[C@H](C)NC(=O)[C@@H]1COC2(CCN(C(=O)c3ccc(F)cc3)CC2)N1C(=O)c1cccc(OC)c1. The monoisotopic (exact) mass is 497 g/mol. The standard InChI is InChI=1S/C27H32FN3O5/c1-4-18(2)29-24(32)23-17-36-27(31(23)26(34)20-6-5-7-22(16-20)35-3)12-14-30(15-13-27)25(33)19-8-10-21(28)11-9-19/h5-11,16,18,23H,4,12-15,17H2,1-3H3,(H,29,32)/t18-,23-/m0/s1. The Bertz CT molecular complexity index is 1110.